The molecule has 0 aliphatic heterocycles. The number of fused-ring (bicyclic) bond motifs is 1. The van der Waals surface area contributed by atoms with Crippen LogP contribution in [0.25, 0.3) is 0 Å². The molecule has 1 aliphatic carbocycles. The van der Waals surface area contributed by atoms with Gasteiger partial charge in [-0.05, 0) is 61.1 Å². The van der Waals surface area contributed by atoms with E-state index in [1.807, 2.05) is 30.3 Å². The van der Waals surface area contributed by atoms with Crippen molar-refractivity contribution in [3.8, 4) is 11.5 Å². The molecule has 146 valence electrons. The van der Waals surface area contributed by atoms with Gasteiger partial charge in [-0.2, -0.15) is 0 Å². The summed E-state index contributed by atoms with van der Waals surface area (Å²) in [5, 5.41) is 10.7. The van der Waals surface area contributed by atoms with Crippen molar-refractivity contribution in [2.45, 2.75) is 44.8 Å². The summed E-state index contributed by atoms with van der Waals surface area (Å²) < 4.78 is 10.9. The van der Waals surface area contributed by atoms with E-state index < -0.39 is 6.10 Å². The fourth-order valence-corrected chi connectivity index (χ4v) is 4.09. The fourth-order valence-electron chi connectivity index (χ4n) is 4.09. The summed E-state index contributed by atoms with van der Waals surface area (Å²) in [6, 6.07) is 14.6. The third-order valence-electron chi connectivity index (χ3n) is 5.53. The quantitative estimate of drug-likeness (QED) is 0.763. The number of aliphatic hydroxyl groups is 1. The third-order valence-corrected chi connectivity index (χ3v) is 5.53. The predicted octanol–water partition coefficient (Wildman–Crippen LogP) is 4.01. The lowest BCUT2D eigenvalue weighted by atomic mass is 9.86. The van der Waals surface area contributed by atoms with Gasteiger partial charge in [0.2, 0.25) is 0 Å². The Morgan fingerprint density at radius 1 is 1.07 bits per heavy atom. The molecule has 0 fully saturated rings. The Kier molecular flexibility index (Phi) is 6.75. The first kappa shape index (κ1) is 19.7. The van der Waals surface area contributed by atoms with E-state index in [0.29, 0.717) is 12.6 Å². The highest BCUT2D eigenvalue weighted by atomic mass is 16.5. The average molecular weight is 370 g/mol. The van der Waals surface area contributed by atoms with Crippen molar-refractivity contribution >= 4 is 0 Å². The molecule has 0 aromatic heterocycles. The van der Waals surface area contributed by atoms with E-state index in [-0.39, 0.29) is 0 Å². The van der Waals surface area contributed by atoms with Crippen molar-refractivity contribution in [1.82, 2.24) is 4.90 Å². The van der Waals surface area contributed by atoms with Gasteiger partial charge in [0.05, 0.1) is 20.3 Å². The molecule has 1 N–H and O–H groups in total. The smallest absolute Gasteiger partial charge is 0.161 e. The lowest BCUT2D eigenvalue weighted by Gasteiger charge is -2.36. The van der Waals surface area contributed by atoms with E-state index in [1.54, 1.807) is 14.2 Å². The molecule has 1 aliphatic rings. The standard InChI is InChI=1S/C23H31NO3/c1-4-12-24(16-21(25)17-8-6-5-7-9-17)20-11-10-18-14-22(26-2)23(27-3)15-19(18)13-20/h5-9,14-15,20-21,25H,4,10-13,16H2,1-3H3. The van der Waals surface area contributed by atoms with Gasteiger partial charge in [-0.15, -0.1) is 0 Å². The maximum atomic E-state index is 10.7. The van der Waals surface area contributed by atoms with Crippen molar-refractivity contribution < 1.29 is 14.6 Å². The molecule has 2 atom stereocenters. The third kappa shape index (κ3) is 4.63. The number of ether oxygens (including phenoxy) is 2. The minimum atomic E-state index is -0.454. The monoisotopic (exact) mass is 369 g/mol. The predicted molar refractivity (Wildman–Crippen MR) is 109 cm³/mol. The number of aliphatic hydroxyl groups excluding tert-OH is 1. The van der Waals surface area contributed by atoms with Gasteiger partial charge >= 0.3 is 0 Å². The number of benzene rings is 2. The van der Waals surface area contributed by atoms with E-state index in [0.717, 1.165) is 49.3 Å². The molecular formula is C23H31NO3. The van der Waals surface area contributed by atoms with E-state index >= 15 is 0 Å². The highest BCUT2D eigenvalue weighted by Gasteiger charge is 2.27. The minimum Gasteiger partial charge on any atom is -0.493 e. The van der Waals surface area contributed by atoms with Crippen LogP contribution in [0.2, 0.25) is 0 Å². The van der Waals surface area contributed by atoms with Crippen molar-refractivity contribution in [2.24, 2.45) is 0 Å². The Labute approximate surface area is 162 Å². The number of rotatable bonds is 8. The summed E-state index contributed by atoms with van der Waals surface area (Å²) in [5.74, 6) is 1.60. The summed E-state index contributed by atoms with van der Waals surface area (Å²) in [5.41, 5.74) is 3.67. The summed E-state index contributed by atoms with van der Waals surface area (Å²) in [7, 11) is 3.37. The van der Waals surface area contributed by atoms with Crippen LogP contribution in [0.3, 0.4) is 0 Å². The molecule has 0 amide bonds. The summed E-state index contributed by atoms with van der Waals surface area (Å²) in [6.07, 6.45) is 3.74. The Morgan fingerprint density at radius 2 is 1.74 bits per heavy atom. The first-order valence-electron chi connectivity index (χ1n) is 9.87. The molecule has 2 unspecified atom stereocenters. The van der Waals surface area contributed by atoms with Crippen molar-refractivity contribution in [1.29, 1.82) is 0 Å². The van der Waals surface area contributed by atoms with Crippen LogP contribution in [-0.4, -0.2) is 43.4 Å². The van der Waals surface area contributed by atoms with Crippen molar-refractivity contribution in [3.05, 3.63) is 59.2 Å². The van der Waals surface area contributed by atoms with Crippen LogP contribution in [0.5, 0.6) is 11.5 Å². The summed E-state index contributed by atoms with van der Waals surface area (Å²) in [6.45, 7) is 3.87. The van der Waals surface area contributed by atoms with E-state index in [2.05, 4.69) is 24.0 Å². The average Bonchev–Trinajstić information content (AvgIpc) is 2.72. The largest absolute Gasteiger partial charge is 0.493 e. The molecule has 2 aromatic carbocycles. The molecule has 0 saturated heterocycles. The van der Waals surface area contributed by atoms with Crippen LogP contribution in [0.4, 0.5) is 0 Å². The van der Waals surface area contributed by atoms with Crippen LogP contribution in [0.15, 0.2) is 42.5 Å². The van der Waals surface area contributed by atoms with E-state index in [9.17, 15) is 5.11 Å². The molecule has 4 heteroatoms. The fraction of sp³-hybridized carbons (Fsp3) is 0.478. The molecule has 0 spiro atoms. The van der Waals surface area contributed by atoms with E-state index in [1.165, 1.54) is 11.1 Å². The SMILES string of the molecule is CCCN(CC(O)c1ccccc1)C1CCc2cc(OC)c(OC)cc2C1. The Balaban J connectivity index is 1.75. The Bertz CT molecular complexity index is 732. The van der Waals surface area contributed by atoms with Gasteiger partial charge in [-0.1, -0.05) is 37.3 Å². The number of nitrogens with zero attached hydrogens (tertiary/aromatic N) is 1. The highest BCUT2D eigenvalue weighted by Crippen LogP contribution is 2.35. The van der Waals surface area contributed by atoms with Gasteiger partial charge in [0.25, 0.3) is 0 Å². The zero-order valence-corrected chi connectivity index (χ0v) is 16.6. The second-order valence-corrected chi connectivity index (χ2v) is 7.29. The van der Waals surface area contributed by atoms with E-state index in [4.69, 9.17) is 9.47 Å². The molecule has 0 bridgehead atoms. The molecule has 0 saturated carbocycles. The van der Waals surface area contributed by atoms with Gasteiger partial charge in [-0.25, -0.2) is 0 Å². The van der Waals surface area contributed by atoms with Crippen molar-refractivity contribution in [3.63, 3.8) is 0 Å². The van der Waals surface area contributed by atoms with Gasteiger partial charge in [0.15, 0.2) is 11.5 Å². The lowest BCUT2D eigenvalue weighted by Crippen LogP contribution is -2.42. The Hall–Kier alpha value is -2.04. The first-order valence-corrected chi connectivity index (χ1v) is 9.87. The maximum Gasteiger partial charge on any atom is 0.161 e. The van der Waals surface area contributed by atoms with Gasteiger partial charge in [-0.3, -0.25) is 4.90 Å². The van der Waals surface area contributed by atoms with Crippen LogP contribution < -0.4 is 9.47 Å². The van der Waals surface area contributed by atoms with Crippen molar-refractivity contribution in [2.75, 3.05) is 27.3 Å². The normalized spacial score (nSPS) is 17.4. The zero-order chi connectivity index (χ0) is 19.2. The van der Waals surface area contributed by atoms with Gasteiger partial charge in [0, 0.05) is 12.6 Å². The zero-order valence-electron chi connectivity index (χ0n) is 16.6. The van der Waals surface area contributed by atoms with Crippen LogP contribution >= 0.6 is 0 Å². The maximum absolute atomic E-state index is 10.7. The molecule has 2 aromatic rings. The number of hydrogen-bond donors (Lipinski definition) is 1. The molecule has 27 heavy (non-hydrogen) atoms. The second kappa shape index (κ2) is 9.25. The van der Waals surface area contributed by atoms with Crippen LogP contribution in [-0.2, 0) is 12.8 Å². The second-order valence-electron chi connectivity index (χ2n) is 7.29. The summed E-state index contributed by atoms with van der Waals surface area (Å²) >= 11 is 0. The first-order chi connectivity index (χ1) is 13.2. The topological polar surface area (TPSA) is 41.9 Å². The highest BCUT2D eigenvalue weighted by molar-refractivity contribution is 5.48. The lowest BCUT2D eigenvalue weighted by molar-refractivity contribution is 0.0811. The molecular weight excluding hydrogens is 338 g/mol. The molecule has 4 nitrogen and oxygen atoms in total. The van der Waals surface area contributed by atoms with Gasteiger partial charge in [0.1, 0.15) is 0 Å². The minimum absolute atomic E-state index is 0.439. The molecule has 0 radical (unpaired) electrons. The number of aryl methyl sites for hydroxylation is 1. The van der Waals surface area contributed by atoms with Crippen LogP contribution in [0, 0.1) is 0 Å². The Morgan fingerprint density at radius 3 is 2.37 bits per heavy atom. The van der Waals surface area contributed by atoms with Gasteiger partial charge < -0.3 is 14.6 Å². The molecule has 3 rings (SSSR count). The summed E-state index contributed by atoms with van der Waals surface area (Å²) in [4.78, 5) is 2.46. The van der Waals surface area contributed by atoms with Crippen LogP contribution in [0.1, 0.15) is 42.6 Å². The number of methoxy groups -OCH3 is 2. The number of hydrogen-bond acceptors (Lipinski definition) is 4. The molecule has 0 heterocycles.